The van der Waals surface area contributed by atoms with Crippen molar-refractivity contribution in [1.29, 1.82) is 0 Å². The Bertz CT molecular complexity index is 1220. The number of furan rings is 1. The quantitative estimate of drug-likeness (QED) is 0.478. The molecular weight excluding hydrogens is 392 g/mol. The molecule has 0 bridgehead atoms. The van der Waals surface area contributed by atoms with Gasteiger partial charge in [0.05, 0.1) is 17.9 Å². The van der Waals surface area contributed by atoms with Crippen LogP contribution in [0.2, 0.25) is 0 Å². The molecule has 1 aliphatic rings. The van der Waals surface area contributed by atoms with Crippen LogP contribution in [-0.2, 0) is 19.6 Å². The highest BCUT2D eigenvalue weighted by atomic mass is 16.3. The highest BCUT2D eigenvalue weighted by molar-refractivity contribution is 5.79. The lowest BCUT2D eigenvalue weighted by atomic mass is 10.1. The molecule has 31 heavy (non-hydrogen) atoms. The monoisotopic (exact) mass is 419 g/mol. The van der Waals surface area contributed by atoms with E-state index in [4.69, 9.17) is 4.42 Å². The van der Waals surface area contributed by atoms with Crippen LogP contribution in [0.15, 0.2) is 51.9 Å². The van der Waals surface area contributed by atoms with E-state index in [1.807, 2.05) is 31.2 Å². The molecule has 1 saturated carbocycles. The average molecular weight is 420 g/mol. The number of aromatic nitrogens is 5. The van der Waals surface area contributed by atoms with Crippen LogP contribution < -0.4 is 10.5 Å². The molecule has 0 spiro atoms. The van der Waals surface area contributed by atoms with Gasteiger partial charge in [-0.1, -0.05) is 12.1 Å². The standard InChI is InChI=1S/C23H26N6O2/c1-16-8-9-17-12-18(23(30)24-21(17)11-16)13-28(19-5-2-3-6-19)15-22-25-26-27-29(22)14-20-7-4-10-31-20/h4,7-12,19H,2-3,5-6,13-15H2,1H3,(H,24,30)/p+1. The van der Waals surface area contributed by atoms with Crippen LogP contribution in [0.5, 0.6) is 0 Å². The summed E-state index contributed by atoms with van der Waals surface area (Å²) in [7, 11) is 0. The molecule has 2 N–H and O–H groups in total. The fraction of sp³-hybridized carbons (Fsp3) is 0.391. The highest BCUT2D eigenvalue weighted by Crippen LogP contribution is 2.17. The predicted molar refractivity (Wildman–Crippen MR) is 116 cm³/mol. The molecule has 3 aromatic heterocycles. The molecule has 0 radical (unpaired) electrons. The Kier molecular flexibility index (Phi) is 5.38. The third-order valence-corrected chi connectivity index (χ3v) is 6.31. The van der Waals surface area contributed by atoms with Gasteiger partial charge >= 0.3 is 0 Å². The van der Waals surface area contributed by atoms with E-state index in [0.29, 0.717) is 25.7 Å². The number of aryl methyl sites for hydroxylation is 1. The van der Waals surface area contributed by atoms with Crippen LogP contribution in [0.4, 0.5) is 0 Å². The van der Waals surface area contributed by atoms with Crippen molar-refractivity contribution in [3.8, 4) is 0 Å². The molecule has 4 aromatic rings. The van der Waals surface area contributed by atoms with E-state index in [9.17, 15) is 4.79 Å². The number of hydrogen-bond donors (Lipinski definition) is 2. The molecule has 1 aliphatic carbocycles. The largest absolute Gasteiger partial charge is 0.467 e. The van der Waals surface area contributed by atoms with Crippen molar-refractivity contribution >= 4 is 10.9 Å². The maximum Gasteiger partial charge on any atom is 0.257 e. The number of hydrogen-bond acceptors (Lipinski definition) is 5. The summed E-state index contributed by atoms with van der Waals surface area (Å²) in [5.41, 5.74) is 2.82. The Hall–Kier alpha value is -3.26. The van der Waals surface area contributed by atoms with Crippen LogP contribution >= 0.6 is 0 Å². The average Bonchev–Trinajstić information content (AvgIpc) is 3.52. The predicted octanol–water partition coefficient (Wildman–Crippen LogP) is 1.99. The van der Waals surface area contributed by atoms with Gasteiger partial charge in [-0.25, -0.2) is 4.68 Å². The second kappa shape index (κ2) is 8.47. The molecule has 0 amide bonds. The number of H-pyrrole nitrogens is 1. The zero-order chi connectivity index (χ0) is 21.2. The molecule has 8 nitrogen and oxygen atoms in total. The van der Waals surface area contributed by atoms with Gasteiger partial charge in [-0.3, -0.25) is 4.79 Å². The molecule has 5 rings (SSSR count). The van der Waals surface area contributed by atoms with Crippen LogP contribution in [0.25, 0.3) is 10.9 Å². The molecule has 8 heteroatoms. The molecule has 1 aromatic carbocycles. The maximum atomic E-state index is 12.8. The van der Waals surface area contributed by atoms with Crippen LogP contribution in [0.3, 0.4) is 0 Å². The normalized spacial score (nSPS) is 15.6. The first-order valence-corrected chi connectivity index (χ1v) is 10.9. The third kappa shape index (κ3) is 4.29. The smallest absolute Gasteiger partial charge is 0.257 e. The number of pyridine rings is 1. The van der Waals surface area contributed by atoms with Gasteiger partial charge in [0.25, 0.3) is 5.56 Å². The summed E-state index contributed by atoms with van der Waals surface area (Å²) in [6.07, 6.45) is 6.46. The number of rotatable bonds is 7. The van der Waals surface area contributed by atoms with Gasteiger partial charge in [-0.15, -0.1) is 5.10 Å². The van der Waals surface area contributed by atoms with E-state index >= 15 is 0 Å². The van der Waals surface area contributed by atoms with Crippen molar-refractivity contribution in [2.75, 3.05) is 0 Å². The summed E-state index contributed by atoms with van der Waals surface area (Å²) < 4.78 is 7.25. The summed E-state index contributed by atoms with van der Waals surface area (Å²) in [5.74, 6) is 1.63. The number of aromatic amines is 1. The van der Waals surface area contributed by atoms with Gasteiger partial charge in [0, 0.05) is 5.52 Å². The van der Waals surface area contributed by atoms with E-state index < -0.39 is 0 Å². The number of tetrazole rings is 1. The third-order valence-electron chi connectivity index (χ3n) is 6.31. The summed E-state index contributed by atoms with van der Waals surface area (Å²) in [4.78, 5) is 17.3. The van der Waals surface area contributed by atoms with Crippen molar-refractivity contribution in [2.45, 2.75) is 58.3 Å². The molecule has 1 unspecified atom stereocenters. The Labute approximate surface area is 179 Å². The van der Waals surface area contributed by atoms with Crippen molar-refractivity contribution in [3.05, 3.63) is 75.7 Å². The van der Waals surface area contributed by atoms with E-state index in [1.165, 1.54) is 30.6 Å². The lowest BCUT2D eigenvalue weighted by Crippen LogP contribution is -3.13. The van der Waals surface area contributed by atoms with Crippen LogP contribution in [-0.4, -0.2) is 31.2 Å². The van der Waals surface area contributed by atoms with Crippen LogP contribution in [0, 0.1) is 6.92 Å². The number of nitrogens with zero attached hydrogens (tertiary/aromatic N) is 4. The lowest BCUT2D eigenvalue weighted by Gasteiger charge is -2.25. The Balaban J connectivity index is 1.42. The molecule has 1 fully saturated rings. The topological polar surface area (TPSA) is 94.0 Å². The first-order chi connectivity index (χ1) is 15.2. The summed E-state index contributed by atoms with van der Waals surface area (Å²) in [6, 6.07) is 12.5. The Morgan fingerprint density at radius 1 is 1.19 bits per heavy atom. The second-order valence-corrected chi connectivity index (χ2v) is 8.54. The van der Waals surface area contributed by atoms with Gasteiger partial charge in [-0.05, 0) is 78.2 Å². The van der Waals surface area contributed by atoms with E-state index in [-0.39, 0.29) is 5.56 Å². The Morgan fingerprint density at radius 3 is 2.87 bits per heavy atom. The van der Waals surface area contributed by atoms with Crippen molar-refractivity contribution < 1.29 is 9.32 Å². The van der Waals surface area contributed by atoms with E-state index in [2.05, 4.69) is 32.6 Å². The fourth-order valence-corrected chi connectivity index (χ4v) is 4.65. The Morgan fingerprint density at radius 2 is 2.06 bits per heavy atom. The van der Waals surface area contributed by atoms with E-state index in [1.54, 1.807) is 10.9 Å². The maximum absolute atomic E-state index is 12.8. The number of fused-ring (bicyclic) bond motifs is 1. The van der Waals surface area contributed by atoms with Gasteiger partial charge in [0.15, 0.2) is 0 Å². The van der Waals surface area contributed by atoms with Crippen molar-refractivity contribution in [2.24, 2.45) is 0 Å². The molecule has 160 valence electrons. The van der Waals surface area contributed by atoms with Gasteiger partial charge in [0.1, 0.15) is 25.4 Å². The second-order valence-electron chi connectivity index (χ2n) is 8.54. The molecule has 0 saturated heterocycles. The first-order valence-electron chi connectivity index (χ1n) is 10.9. The molecular formula is C23H27N6O2+. The van der Waals surface area contributed by atoms with Crippen LogP contribution in [0.1, 0.15) is 48.4 Å². The fourth-order valence-electron chi connectivity index (χ4n) is 4.65. The SMILES string of the molecule is Cc1ccc2cc(C[NH+](Cc3nnnn3Cc3ccco3)C3CCCC3)c(=O)[nH]c2c1. The number of quaternary nitrogens is 1. The summed E-state index contributed by atoms with van der Waals surface area (Å²) in [5, 5.41) is 13.4. The molecule has 1 atom stereocenters. The van der Waals surface area contributed by atoms with Gasteiger partial charge < -0.3 is 14.3 Å². The molecule has 0 aliphatic heterocycles. The first kappa shape index (κ1) is 19.7. The minimum atomic E-state index is -0.0104. The zero-order valence-electron chi connectivity index (χ0n) is 17.7. The van der Waals surface area contributed by atoms with E-state index in [0.717, 1.165) is 33.6 Å². The number of nitrogens with one attached hydrogen (secondary N) is 2. The summed E-state index contributed by atoms with van der Waals surface area (Å²) in [6.45, 7) is 3.86. The van der Waals surface area contributed by atoms with Crippen molar-refractivity contribution in [3.63, 3.8) is 0 Å². The summed E-state index contributed by atoms with van der Waals surface area (Å²) >= 11 is 0. The van der Waals surface area contributed by atoms with Gasteiger partial charge in [-0.2, -0.15) is 0 Å². The minimum absolute atomic E-state index is 0.0104. The minimum Gasteiger partial charge on any atom is -0.467 e. The highest BCUT2D eigenvalue weighted by Gasteiger charge is 2.29. The number of benzene rings is 1. The lowest BCUT2D eigenvalue weighted by molar-refractivity contribution is -0.952. The van der Waals surface area contributed by atoms with Crippen molar-refractivity contribution in [1.82, 2.24) is 25.2 Å². The zero-order valence-corrected chi connectivity index (χ0v) is 17.7. The molecule has 3 heterocycles. The van der Waals surface area contributed by atoms with Gasteiger partial charge in [0.2, 0.25) is 5.82 Å².